The number of nitrogens with one attached hydrogen (secondary N) is 2. The van der Waals surface area contributed by atoms with Gasteiger partial charge in [-0.15, -0.1) is 21.5 Å². The molecule has 3 heterocycles. The largest absolute Gasteiger partial charge is 0.379 e. The number of aryl methyl sites for hydroxylation is 2. The van der Waals surface area contributed by atoms with Crippen LogP contribution in [-0.2, 0) is 23.8 Å². The molecule has 11 nitrogen and oxygen atoms in total. The first-order chi connectivity index (χ1) is 22.8. The number of rotatable bonds is 20. The molecule has 0 bridgehead atoms. The van der Waals surface area contributed by atoms with Crippen LogP contribution in [0.2, 0.25) is 5.02 Å². The van der Waals surface area contributed by atoms with Crippen LogP contribution in [0.3, 0.4) is 0 Å². The maximum atomic E-state index is 13.1. The van der Waals surface area contributed by atoms with Crippen LogP contribution in [0, 0.1) is 20.8 Å². The molecule has 1 atom stereocenters. The van der Waals surface area contributed by atoms with Gasteiger partial charge < -0.3 is 24.8 Å². The molecule has 1 aromatic carbocycles. The fraction of sp³-hybridized carbons (Fsp3) is 0.559. The Morgan fingerprint density at radius 3 is 2.13 bits per heavy atom. The Balaban J connectivity index is 1.16. The predicted molar refractivity (Wildman–Crippen MR) is 185 cm³/mol. The van der Waals surface area contributed by atoms with E-state index in [0.29, 0.717) is 76.4 Å². The van der Waals surface area contributed by atoms with Gasteiger partial charge in [0.05, 0.1) is 38.6 Å². The third kappa shape index (κ3) is 10.7. The van der Waals surface area contributed by atoms with Crippen molar-refractivity contribution in [2.75, 3.05) is 52.7 Å². The number of aliphatic imine (C=N–C) groups is 1. The molecule has 0 fully saturated rings. The van der Waals surface area contributed by atoms with E-state index in [0.717, 1.165) is 52.5 Å². The lowest BCUT2D eigenvalue weighted by atomic mass is 9.99. The van der Waals surface area contributed by atoms with E-state index in [1.807, 2.05) is 35.8 Å². The molecule has 2 N–H and O–H groups in total. The van der Waals surface area contributed by atoms with Crippen molar-refractivity contribution in [2.24, 2.45) is 4.99 Å². The summed E-state index contributed by atoms with van der Waals surface area (Å²) in [7, 11) is 0. The van der Waals surface area contributed by atoms with Gasteiger partial charge in [-0.1, -0.05) is 37.1 Å². The molecular formula is C34H47ClN6O5S. The molecule has 47 heavy (non-hydrogen) atoms. The minimum absolute atomic E-state index is 0.107. The second-order valence-corrected chi connectivity index (χ2v) is 13.1. The second kappa shape index (κ2) is 19.0. The highest BCUT2D eigenvalue weighted by Crippen LogP contribution is 2.39. The zero-order valence-corrected chi connectivity index (χ0v) is 29.5. The van der Waals surface area contributed by atoms with Crippen LogP contribution in [0.5, 0.6) is 0 Å². The smallest absolute Gasteiger partial charge is 0.222 e. The van der Waals surface area contributed by atoms with Crippen LogP contribution in [0.4, 0.5) is 0 Å². The normalized spacial score (nSPS) is 13.9. The maximum Gasteiger partial charge on any atom is 0.222 e. The predicted octanol–water partition coefficient (Wildman–Crippen LogP) is 5.44. The van der Waals surface area contributed by atoms with Gasteiger partial charge in [-0.25, -0.2) is 0 Å². The highest BCUT2D eigenvalue weighted by atomic mass is 35.5. The molecule has 13 heteroatoms. The van der Waals surface area contributed by atoms with Crippen molar-refractivity contribution < 1.29 is 23.8 Å². The number of ether oxygens (including phenoxy) is 3. The second-order valence-electron chi connectivity index (χ2n) is 11.5. The Hall–Kier alpha value is -3.16. The van der Waals surface area contributed by atoms with Crippen molar-refractivity contribution >= 4 is 40.5 Å². The summed E-state index contributed by atoms with van der Waals surface area (Å²) >= 11 is 7.88. The number of aromatic nitrogens is 3. The minimum atomic E-state index is -0.505. The summed E-state index contributed by atoms with van der Waals surface area (Å²) in [5, 5.41) is 16.4. The number of benzene rings is 1. The van der Waals surface area contributed by atoms with Gasteiger partial charge in [0, 0.05) is 53.8 Å². The number of hydrogen-bond donors (Lipinski definition) is 2. The standard InChI is InChI=1S/C34H47ClN6O5S/c1-5-6-9-29(42)36-14-7-16-44-18-20-46-21-19-45-17-8-15-37-30(43)22-28-33-40-39-25(4)41(33)34-31(23(2)24(3)47-34)32(38-28)26-10-12-27(35)13-11-26/h10-13,28H,5-9,14-22H2,1-4H3,(H,36,42)(H,37,43). The first kappa shape index (κ1) is 36.7. The van der Waals surface area contributed by atoms with Crippen LogP contribution in [0.25, 0.3) is 5.00 Å². The minimum Gasteiger partial charge on any atom is -0.379 e. The highest BCUT2D eigenvalue weighted by Gasteiger charge is 2.32. The van der Waals surface area contributed by atoms with Gasteiger partial charge in [0.15, 0.2) is 5.82 Å². The third-order valence-corrected chi connectivity index (χ3v) is 9.26. The molecule has 1 aliphatic rings. The van der Waals surface area contributed by atoms with Crippen molar-refractivity contribution in [1.29, 1.82) is 0 Å². The summed E-state index contributed by atoms with van der Waals surface area (Å²) in [5.41, 5.74) is 3.95. The number of halogens is 1. The summed E-state index contributed by atoms with van der Waals surface area (Å²) in [5.74, 6) is 1.41. The monoisotopic (exact) mass is 686 g/mol. The molecule has 3 aromatic rings. The van der Waals surface area contributed by atoms with E-state index in [9.17, 15) is 9.59 Å². The van der Waals surface area contributed by atoms with Crippen molar-refractivity contribution in [1.82, 2.24) is 25.4 Å². The first-order valence-electron chi connectivity index (χ1n) is 16.4. The van der Waals surface area contributed by atoms with E-state index in [4.69, 9.17) is 30.8 Å². The molecule has 0 spiro atoms. The topological polar surface area (TPSA) is 129 Å². The van der Waals surface area contributed by atoms with E-state index in [-0.39, 0.29) is 18.2 Å². The zero-order chi connectivity index (χ0) is 33.6. The average Bonchev–Trinajstić information content (AvgIpc) is 3.53. The van der Waals surface area contributed by atoms with E-state index in [2.05, 4.69) is 41.6 Å². The van der Waals surface area contributed by atoms with Gasteiger partial charge in [0.2, 0.25) is 11.8 Å². The highest BCUT2D eigenvalue weighted by molar-refractivity contribution is 7.15. The van der Waals surface area contributed by atoms with Gasteiger partial charge in [0.25, 0.3) is 0 Å². The SMILES string of the molecule is CCCCC(=O)NCCCOCCOCCOCCCNC(=O)CC1N=C(c2ccc(Cl)cc2)c2c(sc(C)c2C)-n2c(C)nnc21. The number of amides is 2. The van der Waals surface area contributed by atoms with Crippen molar-refractivity contribution in [3.8, 4) is 5.00 Å². The van der Waals surface area contributed by atoms with Crippen LogP contribution >= 0.6 is 22.9 Å². The van der Waals surface area contributed by atoms with Crippen molar-refractivity contribution in [3.63, 3.8) is 0 Å². The van der Waals surface area contributed by atoms with Gasteiger partial charge in [-0.3, -0.25) is 19.1 Å². The third-order valence-electron chi connectivity index (χ3n) is 7.81. The molecule has 0 saturated carbocycles. The van der Waals surface area contributed by atoms with Gasteiger partial charge in [-0.05, 0) is 57.7 Å². The molecule has 2 amide bonds. The van der Waals surface area contributed by atoms with E-state index < -0.39 is 6.04 Å². The number of nitrogens with zero attached hydrogens (tertiary/aromatic N) is 4. The fourth-order valence-electron chi connectivity index (χ4n) is 5.15. The lowest BCUT2D eigenvalue weighted by Gasteiger charge is -2.13. The molecule has 0 aliphatic carbocycles. The van der Waals surface area contributed by atoms with E-state index in [1.165, 1.54) is 4.88 Å². The number of carbonyl (C=O) groups is 2. The molecule has 0 saturated heterocycles. The summed E-state index contributed by atoms with van der Waals surface area (Å²) in [4.78, 5) is 31.0. The Bertz CT molecular complexity index is 1490. The Kier molecular flexibility index (Phi) is 14.8. The number of hydrogen-bond acceptors (Lipinski definition) is 9. The molecule has 2 aromatic heterocycles. The molecule has 1 unspecified atom stereocenters. The molecule has 1 aliphatic heterocycles. The van der Waals surface area contributed by atoms with Gasteiger partial charge in [0.1, 0.15) is 16.9 Å². The van der Waals surface area contributed by atoms with Gasteiger partial charge >= 0.3 is 0 Å². The Morgan fingerprint density at radius 2 is 1.49 bits per heavy atom. The van der Waals surface area contributed by atoms with Crippen LogP contribution in [-0.4, -0.2) is 85.0 Å². The first-order valence-corrected chi connectivity index (χ1v) is 17.6. The summed E-state index contributed by atoms with van der Waals surface area (Å²) in [6.07, 6.45) is 4.15. The Labute approximate surface area is 286 Å². The van der Waals surface area contributed by atoms with Crippen LogP contribution in [0.15, 0.2) is 29.3 Å². The Morgan fingerprint density at radius 1 is 0.872 bits per heavy atom. The maximum absolute atomic E-state index is 13.1. The summed E-state index contributed by atoms with van der Waals surface area (Å²) in [6.45, 7) is 12.4. The van der Waals surface area contributed by atoms with Gasteiger partial charge in [-0.2, -0.15) is 0 Å². The quantitative estimate of drug-likeness (QED) is 0.152. The van der Waals surface area contributed by atoms with E-state index >= 15 is 0 Å². The molecule has 0 radical (unpaired) electrons. The lowest BCUT2D eigenvalue weighted by molar-refractivity contribution is -0.122. The zero-order valence-electron chi connectivity index (χ0n) is 27.9. The summed E-state index contributed by atoms with van der Waals surface area (Å²) < 4.78 is 18.8. The lowest BCUT2D eigenvalue weighted by Crippen LogP contribution is -2.27. The number of fused-ring (bicyclic) bond motifs is 3. The van der Waals surface area contributed by atoms with Crippen LogP contribution < -0.4 is 10.6 Å². The van der Waals surface area contributed by atoms with E-state index in [1.54, 1.807) is 11.3 Å². The van der Waals surface area contributed by atoms with Crippen molar-refractivity contribution in [2.45, 2.75) is 72.3 Å². The number of unbranched alkanes of at least 4 members (excludes halogenated alkanes) is 1. The number of thiophene rings is 1. The van der Waals surface area contributed by atoms with Crippen molar-refractivity contribution in [3.05, 3.63) is 62.5 Å². The number of carbonyl (C=O) groups excluding carboxylic acids is 2. The molecule has 256 valence electrons. The summed E-state index contributed by atoms with van der Waals surface area (Å²) in [6, 6.07) is 7.14. The van der Waals surface area contributed by atoms with Crippen LogP contribution in [0.1, 0.15) is 84.7 Å². The molecule has 4 rings (SSSR count). The average molecular weight is 687 g/mol. The molecular weight excluding hydrogens is 640 g/mol. The fourth-order valence-corrected chi connectivity index (χ4v) is 6.49.